The van der Waals surface area contributed by atoms with Crippen LogP contribution in [0.1, 0.15) is 245 Å². The second kappa shape index (κ2) is 43.4. The van der Waals surface area contributed by atoms with Crippen molar-refractivity contribution in [1.29, 1.82) is 0 Å². The molecule has 0 atom stereocenters. The molecule has 0 saturated carbocycles. The topological polar surface area (TPSA) is 9.23 Å². The molecule has 0 N–H and O–H groups in total. The lowest BCUT2D eigenvalue weighted by Crippen LogP contribution is -1.94. The Balaban J connectivity index is 3.14. The molecule has 0 aliphatic rings. The van der Waals surface area contributed by atoms with Gasteiger partial charge in [0.05, 0.1) is 13.2 Å². The zero-order valence-electron chi connectivity index (χ0n) is 31.6. The molecule has 0 aliphatic heterocycles. The van der Waals surface area contributed by atoms with Gasteiger partial charge in [0.2, 0.25) is 0 Å². The molecule has 0 unspecified atom stereocenters. The van der Waals surface area contributed by atoms with E-state index in [1.807, 2.05) is 0 Å². The highest BCUT2D eigenvalue weighted by molar-refractivity contribution is 4.82. The molecule has 268 valence electrons. The van der Waals surface area contributed by atoms with Crippen LogP contribution in [0.3, 0.4) is 0 Å². The molecule has 0 bridgehead atoms. The summed E-state index contributed by atoms with van der Waals surface area (Å²) in [5.41, 5.74) is 0. The molecule has 0 amide bonds. The van der Waals surface area contributed by atoms with Crippen molar-refractivity contribution in [3.63, 3.8) is 0 Å². The molecule has 0 aliphatic carbocycles. The van der Waals surface area contributed by atoms with Crippen LogP contribution in [0, 0.1) is 0 Å². The molecule has 1 nitrogen and oxygen atoms in total. The zero-order valence-corrected chi connectivity index (χ0v) is 31.6. The average molecular weight is 631 g/mol. The molecule has 0 radical (unpaired) electrons. The van der Waals surface area contributed by atoms with Gasteiger partial charge in [-0.05, 0) is 38.5 Å². The molecular formula is C44H86O. The summed E-state index contributed by atoms with van der Waals surface area (Å²) in [4.78, 5) is 0. The molecule has 0 spiro atoms. The van der Waals surface area contributed by atoms with Crippen LogP contribution in [0.15, 0.2) is 24.3 Å². The Morgan fingerprint density at radius 3 is 0.689 bits per heavy atom. The first-order valence-corrected chi connectivity index (χ1v) is 21.3. The maximum atomic E-state index is 5.81. The van der Waals surface area contributed by atoms with Crippen LogP contribution in [0.5, 0.6) is 0 Å². The fourth-order valence-corrected chi connectivity index (χ4v) is 6.50. The van der Waals surface area contributed by atoms with E-state index in [1.54, 1.807) is 0 Å². The zero-order chi connectivity index (χ0) is 32.4. The number of rotatable bonds is 40. The lowest BCUT2D eigenvalue weighted by molar-refractivity contribution is 0.143. The Morgan fingerprint density at radius 2 is 0.444 bits per heavy atom. The summed E-state index contributed by atoms with van der Waals surface area (Å²) in [6.07, 6.45) is 60.3. The SMILES string of the molecule is CCCCCCCCCCCCCCCCCCC=CCCOCCC=CCCCCCCCCCCCCCCCCCC. The first-order chi connectivity index (χ1) is 22.4. The summed E-state index contributed by atoms with van der Waals surface area (Å²) in [6, 6.07) is 0. The summed E-state index contributed by atoms with van der Waals surface area (Å²) in [6.45, 7) is 6.36. The molecule has 0 aromatic carbocycles. The van der Waals surface area contributed by atoms with Crippen molar-refractivity contribution in [2.24, 2.45) is 0 Å². The number of allylic oxidation sites excluding steroid dienone is 2. The predicted octanol–water partition coefficient (Wildman–Crippen LogP) is 16.2. The standard InChI is InChI=1S/C44H86O/c1-3-5-7-9-11-13-15-17-19-21-23-25-27-29-31-33-35-37-39-41-43-45-44-42-40-38-36-34-32-30-28-26-24-22-20-18-16-14-12-10-8-6-4-2/h37-40H,3-36,41-44H2,1-2H3. The first-order valence-electron chi connectivity index (χ1n) is 21.3. The third kappa shape index (κ3) is 43.4. The van der Waals surface area contributed by atoms with Gasteiger partial charge in [-0.2, -0.15) is 0 Å². The lowest BCUT2D eigenvalue weighted by atomic mass is 10.0. The molecule has 45 heavy (non-hydrogen) atoms. The number of hydrogen-bond donors (Lipinski definition) is 0. The Bertz CT molecular complexity index is 501. The fraction of sp³-hybridized carbons (Fsp3) is 0.909. The molecule has 0 fully saturated rings. The third-order valence-electron chi connectivity index (χ3n) is 9.64. The number of hydrogen-bond acceptors (Lipinski definition) is 1. The van der Waals surface area contributed by atoms with Gasteiger partial charge in [0, 0.05) is 0 Å². The van der Waals surface area contributed by atoms with Crippen molar-refractivity contribution in [3.8, 4) is 0 Å². The molecule has 1 heteroatoms. The number of unbranched alkanes of at least 4 members (excludes halogenated alkanes) is 32. The van der Waals surface area contributed by atoms with Gasteiger partial charge in [-0.15, -0.1) is 0 Å². The van der Waals surface area contributed by atoms with Crippen LogP contribution >= 0.6 is 0 Å². The Morgan fingerprint density at radius 1 is 0.244 bits per heavy atom. The third-order valence-corrected chi connectivity index (χ3v) is 9.64. The van der Waals surface area contributed by atoms with E-state index in [0.717, 1.165) is 26.1 Å². The molecule has 0 aromatic heterocycles. The summed E-state index contributed by atoms with van der Waals surface area (Å²) < 4.78 is 5.81. The molecule has 0 saturated heterocycles. The van der Waals surface area contributed by atoms with Gasteiger partial charge in [0.15, 0.2) is 0 Å². The van der Waals surface area contributed by atoms with E-state index >= 15 is 0 Å². The van der Waals surface area contributed by atoms with Crippen LogP contribution in [-0.2, 0) is 4.74 Å². The minimum Gasteiger partial charge on any atom is -0.381 e. The van der Waals surface area contributed by atoms with Crippen LogP contribution in [-0.4, -0.2) is 13.2 Å². The van der Waals surface area contributed by atoms with Crippen molar-refractivity contribution >= 4 is 0 Å². The van der Waals surface area contributed by atoms with E-state index in [2.05, 4.69) is 38.2 Å². The van der Waals surface area contributed by atoms with E-state index < -0.39 is 0 Å². The van der Waals surface area contributed by atoms with E-state index in [0.29, 0.717) is 0 Å². The van der Waals surface area contributed by atoms with Gasteiger partial charge in [0.25, 0.3) is 0 Å². The van der Waals surface area contributed by atoms with Crippen molar-refractivity contribution in [2.45, 2.75) is 245 Å². The summed E-state index contributed by atoms with van der Waals surface area (Å²) >= 11 is 0. The van der Waals surface area contributed by atoms with E-state index in [1.165, 1.54) is 218 Å². The van der Waals surface area contributed by atoms with E-state index in [-0.39, 0.29) is 0 Å². The maximum Gasteiger partial charge on any atom is 0.0500 e. The maximum absolute atomic E-state index is 5.81. The highest BCUT2D eigenvalue weighted by Crippen LogP contribution is 2.15. The van der Waals surface area contributed by atoms with Gasteiger partial charge in [-0.1, -0.05) is 231 Å². The van der Waals surface area contributed by atoms with Gasteiger partial charge in [-0.25, -0.2) is 0 Å². The smallest absolute Gasteiger partial charge is 0.0500 e. The molecular weight excluding hydrogens is 544 g/mol. The average Bonchev–Trinajstić information content (AvgIpc) is 3.05. The van der Waals surface area contributed by atoms with Crippen molar-refractivity contribution in [2.75, 3.05) is 13.2 Å². The van der Waals surface area contributed by atoms with Gasteiger partial charge in [-0.3, -0.25) is 0 Å². The highest BCUT2D eigenvalue weighted by atomic mass is 16.5. The highest BCUT2D eigenvalue weighted by Gasteiger charge is 1.96. The fourth-order valence-electron chi connectivity index (χ4n) is 6.50. The van der Waals surface area contributed by atoms with Gasteiger partial charge < -0.3 is 4.74 Å². The monoisotopic (exact) mass is 631 g/mol. The van der Waals surface area contributed by atoms with Crippen molar-refractivity contribution in [1.82, 2.24) is 0 Å². The van der Waals surface area contributed by atoms with Crippen LogP contribution in [0.2, 0.25) is 0 Å². The second-order valence-corrected chi connectivity index (χ2v) is 14.3. The minimum absolute atomic E-state index is 0.877. The number of ether oxygens (including phenoxy) is 1. The van der Waals surface area contributed by atoms with Crippen molar-refractivity contribution < 1.29 is 4.74 Å². The van der Waals surface area contributed by atoms with Crippen molar-refractivity contribution in [3.05, 3.63) is 24.3 Å². The lowest BCUT2D eigenvalue weighted by Gasteiger charge is -2.03. The largest absolute Gasteiger partial charge is 0.381 e. The van der Waals surface area contributed by atoms with Crippen LogP contribution in [0.4, 0.5) is 0 Å². The van der Waals surface area contributed by atoms with E-state index in [4.69, 9.17) is 4.74 Å². The normalized spacial score (nSPS) is 12.0. The van der Waals surface area contributed by atoms with Crippen LogP contribution < -0.4 is 0 Å². The Kier molecular flexibility index (Phi) is 42.9. The van der Waals surface area contributed by atoms with E-state index in [9.17, 15) is 0 Å². The first kappa shape index (κ1) is 44.4. The molecule has 0 rings (SSSR count). The second-order valence-electron chi connectivity index (χ2n) is 14.3. The summed E-state index contributed by atoms with van der Waals surface area (Å²) in [5, 5.41) is 0. The Hall–Kier alpha value is -0.560. The predicted molar refractivity (Wildman–Crippen MR) is 207 cm³/mol. The minimum atomic E-state index is 0.877. The van der Waals surface area contributed by atoms with Crippen LogP contribution in [0.25, 0.3) is 0 Å². The molecule has 0 aromatic rings. The Labute approximate surface area is 286 Å². The quantitative estimate of drug-likeness (QED) is 0.0483. The molecule has 0 heterocycles. The summed E-state index contributed by atoms with van der Waals surface area (Å²) in [5.74, 6) is 0. The van der Waals surface area contributed by atoms with Gasteiger partial charge >= 0.3 is 0 Å². The summed E-state index contributed by atoms with van der Waals surface area (Å²) in [7, 11) is 0. The van der Waals surface area contributed by atoms with Gasteiger partial charge in [0.1, 0.15) is 0 Å².